The molecule has 0 unspecified atom stereocenters. The van der Waals surface area contributed by atoms with Gasteiger partial charge in [0.05, 0.1) is 11.9 Å². The Labute approximate surface area is 209 Å². The second kappa shape index (κ2) is 11.6. The van der Waals surface area contributed by atoms with Crippen LogP contribution in [0.4, 0.5) is 5.69 Å². The van der Waals surface area contributed by atoms with E-state index in [1.807, 2.05) is 38.1 Å². The third-order valence-electron chi connectivity index (χ3n) is 5.08. The second-order valence-corrected chi connectivity index (χ2v) is 11.2. The van der Waals surface area contributed by atoms with Gasteiger partial charge in [-0.3, -0.25) is 18.7 Å². The number of carbonyl (C=O) groups excluding carboxylic acids is 3. The van der Waals surface area contributed by atoms with E-state index >= 15 is 0 Å². The van der Waals surface area contributed by atoms with Crippen molar-refractivity contribution in [1.29, 1.82) is 0 Å². The van der Waals surface area contributed by atoms with Crippen LogP contribution in [0.1, 0.15) is 43.6 Å². The van der Waals surface area contributed by atoms with E-state index in [1.54, 1.807) is 19.1 Å². The molecule has 0 saturated heterocycles. The molecule has 0 bridgehead atoms. The Morgan fingerprint density at radius 1 is 1.03 bits per heavy atom. The van der Waals surface area contributed by atoms with Gasteiger partial charge in [-0.25, -0.2) is 8.42 Å². The van der Waals surface area contributed by atoms with Gasteiger partial charge in [0.25, 0.3) is 0 Å². The summed E-state index contributed by atoms with van der Waals surface area (Å²) in [4.78, 5) is 39.3. The lowest BCUT2D eigenvalue weighted by molar-refractivity contribution is -0.139. The molecule has 1 atom stereocenters. The average molecular weight is 552 g/mol. The SMILES string of the molecule is CC(=O)c1cccc(N(CC(=O)N(Cc2ccc(Br)cc2)[C@@H](C)C(=O)NC(C)C)S(C)(=O)=O)c1. The van der Waals surface area contributed by atoms with Crippen LogP contribution in [0.3, 0.4) is 0 Å². The van der Waals surface area contributed by atoms with E-state index in [9.17, 15) is 22.8 Å². The largest absolute Gasteiger partial charge is 0.352 e. The fourth-order valence-corrected chi connectivity index (χ4v) is 4.37. The van der Waals surface area contributed by atoms with Gasteiger partial charge in [-0.2, -0.15) is 0 Å². The van der Waals surface area contributed by atoms with Crippen molar-refractivity contribution in [3.63, 3.8) is 0 Å². The number of carbonyl (C=O) groups is 3. The summed E-state index contributed by atoms with van der Waals surface area (Å²) in [5.74, 6) is -1.12. The molecule has 2 aromatic carbocycles. The van der Waals surface area contributed by atoms with Crippen molar-refractivity contribution in [1.82, 2.24) is 10.2 Å². The highest BCUT2D eigenvalue weighted by atomic mass is 79.9. The minimum Gasteiger partial charge on any atom is -0.352 e. The van der Waals surface area contributed by atoms with Crippen molar-refractivity contribution in [2.45, 2.75) is 46.3 Å². The Bertz CT molecular complexity index is 1150. The molecule has 0 radical (unpaired) electrons. The minimum atomic E-state index is -3.86. The van der Waals surface area contributed by atoms with Crippen molar-refractivity contribution in [2.75, 3.05) is 17.1 Å². The van der Waals surface area contributed by atoms with Gasteiger partial charge in [0.2, 0.25) is 21.8 Å². The Kier molecular flexibility index (Phi) is 9.40. The zero-order valence-corrected chi connectivity index (χ0v) is 22.3. The number of hydrogen-bond donors (Lipinski definition) is 1. The fraction of sp³-hybridized carbons (Fsp3) is 0.375. The van der Waals surface area contributed by atoms with Crippen molar-refractivity contribution in [3.8, 4) is 0 Å². The van der Waals surface area contributed by atoms with E-state index in [4.69, 9.17) is 0 Å². The van der Waals surface area contributed by atoms with Crippen LogP contribution in [-0.4, -0.2) is 55.8 Å². The zero-order valence-electron chi connectivity index (χ0n) is 19.9. The highest BCUT2D eigenvalue weighted by Crippen LogP contribution is 2.21. The van der Waals surface area contributed by atoms with Gasteiger partial charge in [0.15, 0.2) is 5.78 Å². The van der Waals surface area contributed by atoms with Gasteiger partial charge in [-0.1, -0.05) is 40.2 Å². The van der Waals surface area contributed by atoms with Crippen LogP contribution in [0.15, 0.2) is 53.0 Å². The standard InChI is InChI=1S/C24H30BrN3O5S/c1-16(2)26-24(31)17(3)27(14-19-9-11-21(25)12-10-19)23(30)15-28(34(5,32)33)22-8-6-7-20(13-22)18(4)29/h6-13,16-17H,14-15H2,1-5H3,(H,26,31)/t17-/m0/s1. The summed E-state index contributed by atoms with van der Waals surface area (Å²) in [5, 5.41) is 2.80. The number of sulfonamides is 1. The maximum atomic E-state index is 13.5. The first-order valence-corrected chi connectivity index (χ1v) is 13.4. The summed E-state index contributed by atoms with van der Waals surface area (Å²) in [6.45, 7) is 6.22. The molecular weight excluding hydrogens is 522 g/mol. The Morgan fingerprint density at radius 3 is 2.18 bits per heavy atom. The highest BCUT2D eigenvalue weighted by Gasteiger charge is 2.30. The van der Waals surface area contributed by atoms with Crippen LogP contribution in [0.5, 0.6) is 0 Å². The van der Waals surface area contributed by atoms with Crippen LogP contribution in [-0.2, 0) is 26.2 Å². The molecular formula is C24H30BrN3O5S. The molecule has 34 heavy (non-hydrogen) atoms. The predicted molar refractivity (Wildman–Crippen MR) is 136 cm³/mol. The van der Waals surface area contributed by atoms with E-state index in [0.717, 1.165) is 20.6 Å². The number of halogens is 1. The minimum absolute atomic E-state index is 0.115. The first kappa shape index (κ1) is 27.5. The number of ketones is 1. The number of amides is 2. The molecule has 0 aliphatic heterocycles. The van der Waals surface area contributed by atoms with Crippen molar-refractivity contribution in [2.24, 2.45) is 0 Å². The van der Waals surface area contributed by atoms with Gasteiger partial charge < -0.3 is 10.2 Å². The molecule has 0 saturated carbocycles. The number of nitrogens with zero attached hydrogens (tertiary/aromatic N) is 2. The maximum Gasteiger partial charge on any atom is 0.244 e. The maximum absolute atomic E-state index is 13.5. The quantitative estimate of drug-likeness (QED) is 0.456. The predicted octanol–water partition coefficient (Wildman–Crippen LogP) is 3.36. The number of Topliss-reactive ketones (excluding diaryl/α,β-unsaturated/α-hetero) is 1. The van der Waals surface area contributed by atoms with Crippen molar-refractivity contribution >= 4 is 49.2 Å². The van der Waals surface area contributed by atoms with Gasteiger partial charge in [0, 0.05) is 22.6 Å². The number of anilines is 1. The van der Waals surface area contributed by atoms with Crippen LogP contribution >= 0.6 is 15.9 Å². The summed E-state index contributed by atoms with van der Waals surface area (Å²) in [6.07, 6.45) is 0.995. The third kappa shape index (κ3) is 7.66. The molecule has 0 heterocycles. The molecule has 1 N–H and O–H groups in total. The van der Waals surface area contributed by atoms with E-state index < -0.39 is 28.5 Å². The lowest BCUT2D eigenvalue weighted by Gasteiger charge is -2.32. The van der Waals surface area contributed by atoms with Gasteiger partial charge in [-0.05, 0) is 57.5 Å². The van der Waals surface area contributed by atoms with Crippen molar-refractivity contribution in [3.05, 3.63) is 64.1 Å². The number of nitrogens with one attached hydrogen (secondary N) is 1. The smallest absolute Gasteiger partial charge is 0.244 e. The molecule has 8 nitrogen and oxygen atoms in total. The third-order valence-corrected chi connectivity index (χ3v) is 6.75. The van der Waals surface area contributed by atoms with E-state index in [2.05, 4.69) is 21.2 Å². The van der Waals surface area contributed by atoms with E-state index in [1.165, 1.54) is 24.0 Å². The normalized spacial score (nSPS) is 12.2. The van der Waals surface area contributed by atoms with Crippen LogP contribution in [0.2, 0.25) is 0 Å². The number of hydrogen-bond acceptors (Lipinski definition) is 5. The average Bonchev–Trinajstić information content (AvgIpc) is 2.75. The lowest BCUT2D eigenvalue weighted by atomic mass is 10.1. The molecule has 0 spiro atoms. The molecule has 0 aliphatic carbocycles. The second-order valence-electron chi connectivity index (χ2n) is 8.36. The first-order valence-electron chi connectivity index (χ1n) is 10.7. The van der Waals surface area contributed by atoms with Crippen LogP contribution < -0.4 is 9.62 Å². The summed E-state index contributed by atoms with van der Waals surface area (Å²) in [7, 11) is -3.86. The summed E-state index contributed by atoms with van der Waals surface area (Å²) in [6, 6.07) is 12.4. The van der Waals surface area contributed by atoms with Crippen LogP contribution in [0, 0.1) is 0 Å². The summed E-state index contributed by atoms with van der Waals surface area (Å²) >= 11 is 3.37. The van der Waals surface area contributed by atoms with Crippen LogP contribution in [0.25, 0.3) is 0 Å². The molecule has 10 heteroatoms. The monoisotopic (exact) mass is 551 g/mol. The first-order chi connectivity index (χ1) is 15.8. The van der Waals surface area contributed by atoms with Gasteiger partial charge in [0.1, 0.15) is 12.6 Å². The molecule has 184 valence electrons. The van der Waals surface area contributed by atoms with E-state index in [-0.39, 0.29) is 30.0 Å². The molecule has 0 fully saturated rings. The lowest BCUT2D eigenvalue weighted by Crippen LogP contribution is -2.52. The highest BCUT2D eigenvalue weighted by molar-refractivity contribution is 9.10. The molecule has 0 aliphatic rings. The Morgan fingerprint density at radius 2 is 1.65 bits per heavy atom. The number of benzene rings is 2. The van der Waals surface area contributed by atoms with Gasteiger partial charge >= 0.3 is 0 Å². The fourth-order valence-electron chi connectivity index (χ4n) is 3.27. The summed E-state index contributed by atoms with van der Waals surface area (Å²) < 4.78 is 27.0. The molecule has 0 aromatic heterocycles. The molecule has 2 aromatic rings. The Balaban J connectivity index is 2.42. The van der Waals surface area contributed by atoms with Gasteiger partial charge in [-0.15, -0.1) is 0 Å². The summed E-state index contributed by atoms with van der Waals surface area (Å²) in [5.41, 5.74) is 1.31. The van der Waals surface area contributed by atoms with E-state index in [0.29, 0.717) is 5.56 Å². The Hall–Kier alpha value is -2.72. The molecule has 2 amide bonds. The molecule has 2 rings (SSSR count). The number of rotatable bonds is 10. The zero-order chi connectivity index (χ0) is 25.6. The van der Waals surface area contributed by atoms with Crippen molar-refractivity contribution < 1.29 is 22.8 Å². The topological polar surface area (TPSA) is 104 Å².